The summed E-state index contributed by atoms with van der Waals surface area (Å²) in [6.45, 7) is 3.03. The third kappa shape index (κ3) is 2.38. The van der Waals surface area contributed by atoms with Gasteiger partial charge < -0.3 is 5.32 Å². The van der Waals surface area contributed by atoms with Crippen molar-refractivity contribution in [1.29, 1.82) is 0 Å². The number of hydrogen-bond acceptors (Lipinski definition) is 1. The molecule has 1 N–H and O–H groups in total. The summed E-state index contributed by atoms with van der Waals surface area (Å²) < 4.78 is 13.8. The van der Waals surface area contributed by atoms with Crippen LogP contribution in [0, 0.1) is 5.82 Å². The molecule has 0 radical (unpaired) electrons. The first-order valence-corrected chi connectivity index (χ1v) is 6.28. The molecule has 0 saturated heterocycles. The fourth-order valence-corrected chi connectivity index (χ4v) is 2.80. The van der Waals surface area contributed by atoms with Crippen LogP contribution in [0.4, 0.5) is 4.39 Å². The van der Waals surface area contributed by atoms with E-state index in [4.69, 9.17) is 11.6 Å². The largest absolute Gasteiger partial charge is 0.314 e. The van der Waals surface area contributed by atoms with E-state index in [0.717, 1.165) is 24.9 Å². The third-order valence-electron chi connectivity index (χ3n) is 3.34. The van der Waals surface area contributed by atoms with Gasteiger partial charge in [0.05, 0.1) is 0 Å². The summed E-state index contributed by atoms with van der Waals surface area (Å²) in [5, 5.41) is 3.91. The van der Waals surface area contributed by atoms with Crippen molar-refractivity contribution < 1.29 is 4.39 Å². The first-order valence-electron chi connectivity index (χ1n) is 5.90. The van der Waals surface area contributed by atoms with Gasteiger partial charge in [-0.25, -0.2) is 4.39 Å². The van der Waals surface area contributed by atoms with Crippen molar-refractivity contribution in [3.05, 3.63) is 34.6 Å². The van der Waals surface area contributed by atoms with Crippen molar-refractivity contribution in [1.82, 2.24) is 5.32 Å². The Kier molecular flexibility index (Phi) is 3.82. The Hall–Kier alpha value is -0.600. The van der Waals surface area contributed by atoms with E-state index in [9.17, 15) is 4.39 Å². The molecule has 0 aromatic heterocycles. The van der Waals surface area contributed by atoms with Crippen LogP contribution in [0.3, 0.4) is 0 Å². The summed E-state index contributed by atoms with van der Waals surface area (Å²) in [6.07, 6.45) is 3.38. The molecule has 1 fully saturated rings. The van der Waals surface area contributed by atoms with Crippen molar-refractivity contribution in [3.63, 3.8) is 0 Å². The highest BCUT2D eigenvalue weighted by Gasteiger charge is 2.29. The zero-order valence-electron chi connectivity index (χ0n) is 9.47. The van der Waals surface area contributed by atoms with Crippen molar-refractivity contribution in [2.75, 3.05) is 6.54 Å². The Bertz CT molecular complexity index is 367. The quantitative estimate of drug-likeness (QED) is 0.851. The summed E-state index contributed by atoms with van der Waals surface area (Å²) in [6, 6.07) is 5.44. The normalized spacial score (nSPS) is 24.9. The molecule has 1 aliphatic rings. The van der Waals surface area contributed by atoms with Gasteiger partial charge in [0.2, 0.25) is 0 Å². The minimum Gasteiger partial charge on any atom is -0.314 e. The molecule has 0 bridgehead atoms. The number of nitrogens with one attached hydrogen (secondary N) is 1. The molecular weight excluding hydrogens is 225 g/mol. The number of rotatable bonds is 3. The van der Waals surface area contributed by atoms with Gasteiger partial charge in [0.1, 0.15) is 5.82 Å². The Morgan fingerprint density at radius 3 is 2.94 bits per heavy atom. The van der Waals surface area contributed by atoms with Gasteiger partial charge in [-0.15, -0.1) is 0 Å². The fourth-order valence-electron chi connectivity index (χ4n) is 2.64. The maximum atomic E-state index is 13.8. The number of likely N-dealkylation sites (N-methyl/N-ethyl adjacent to an activating group) is 1. The molecule has 1 nitrogen and oxygen atoms in total. The molecule has 1 saturated carbocycles. The molecule has 0 aliphatic heterocycles. The van der Waals surface area contributed by atoms with Crippen molar-refractivity contribution in [3.8, 4) is 0 Å². The maximum Gasteiger partial charge on any atom is 0.128 e. The van der Waals surface area contributed by atoms with Gasteiger partial charge in [-0.1, -0.05) is 31.0 Å². The van der Waals surface area contributed by atoms with Crippen LogP contribution < -0.4 is 5.32 Å². The average Bonchev–Trinajstić information content (AvgIpc) is 2.67. The van der Waals surface area contributed by atoms with Crippen LogP contribution in [0.2, 0.25) is 5.02 Å². The standard InChI is InChI=1S/C13H17ClFN/c1-2-16-13-5-3-4-11(13)10-7-6-9(14)8-12(10)15/h6-8,11,13,16H,2-5H2,1H3. The fraction of sp³-hybridized carbons (Fsp3) is 0.538. The topological polar surface area (TPSA) is 12.0 Å². The first-order chi connectivity index (χ1) is 7.72. The highest BCUT2D eigenvalue weighted by atomic mass is 35.5. The van der Waals surface area contributed by atoms with Crippen molar-refractivity contribution in [2.45, 2.75) is 38.1 Å². The van der Waals surface area contributed by atoms with Crippen LogP contribution in [-0.4, -0.2) is 12.6 Å². The number of benzene rings is 1. The molecule has 2 rings (SSSR count). The smallest absolute Gasteiger partial charge is 0.128 e. The predicted molar refractivity (Wildman–Crippen MR) is 65.5 cm³/mol. The van der Waals surface area contributed by atoms with E-state index < -0.39 is 0 Å². The molecular formula is C13H17ClFN. The van der Waals surface area contributed by atoms with Gasteiger partial charge in [-0.05, 0) is 37.1 Å². The highest BCUT2D eigenvalue weighted by molar-refractivity contribution is 6.30. The van der Waals surface area contributed by atoms with Gasteiger partial charge in [0.25, 0.3) is 0 Å². The van der Waals surface area contributed by atoms with E-state index in [0.29, 0.717) is 17.0 Å². The molecule has 1 aliphatic carbocycles. The Labute approximate surface area is 101 Å². The Morgan fingerprint density at radius 2 is 2.25 bits per heavy atom. The molecule has 16 heavy (non-hydrogen) atoms. The van der Waals surface area contributed by atoms with Gasteiger partial charge >= 0.3 is 0 Å². The lowest BCUT2D eigenvalue weighted by atomic mass is 9.93. The monoisotopic (exact) mass is 241 g/mol. The minimum atomic E-state index is -0.165. The average molecular weight is 242 g/mol. The van der Waals surface area contributed by atoms with Gasteiger partial charge in [0, 0.05) is 17.0 Å². The second-order valence-electron chi connectivity index (χ2n) is 4.37. The second kappa shape index (κ2) is 5.15. The van der Waals surface area contributed by atoms with E-state index in [1.54, 1.807) is 6.07 Å². The van der Waals surface area contributed by atoms with Gasteiger partial charge in [0.15, 0.2) is 0 Å². The predicted octanol–water partition coefficient (Wildman–Crippen LogP) is 3.72. The van der Waals surface area contributed by atoms with Crippen molar-refractivity contribution >= 4 is 11.6 Å². The molecule has 0 spiro atoms. The zero-order chi connectivity index (χ0) is 11.5. The number of hydrogen-bond donors (Lipinski definition) is 1. The minimum absolute atomic E-state index is 0.165. The molecule has 0 heterocycles. The Morgan fingerprint density at radius 1 is 1.44 bits per heavy atom. The van der Waals surface area contributed by atoms with Crippen LogP contribution in [0.5, 0.6) is 0 Å². The molecule has 1 aromatic carbocycles. The summed E-state index contributed by atoms with van der Waals surface area (Å²) in [7, 11) is 0. The summed E-state index contributed by atoms with van der Waals surface area (Å²) in [4.78, 5) is 0. The summed E-state index contributed by atoms with van der Waals surface area (Å²) >= 11 is 5.77. The van der Waals surface area contributed by atoms with E-state index in [-0.39, 0.29) is 5.82 Å². The molecule has 0 amide bonds. The third-order valence-corrected chi connectivity index (χ3v) is 3.58. The van der Waals surface area contributed by atoms with Crippen LogP contribution in [0.25, 0.3) is 0 Å². The second-order valence-corrected chi connectivity index (χ2v) is 4.80. The zero-order valence-corrected chi connectivity index (χ0v) is 10.2. The Balaban J connectivity index is 2.22. The maximum absolute atomic E-state index is 13.8. The van der Waals surface area contributed by atoms with Crippen LogP contribution in [-0.2, 0) is 0 Å². The summed E-state index contributed by atoms with van der Waals surface area (Å²) in [5.74, 6) is 0.138. The van der Waals surface area contributed by atoms with Crippen LogP contribution >= 0.6 is 11.6 Å². The van der Waals surface area contributed by atoms with E-state index in [1.165, 1.54) is 12.5 Å². The molecule has 1 aromatic rings. The molecule has 88 valence electrons. The SMILES string of the molecule is CCNC1CCCC1c1ccc(Cl)cc1F. The van der Waals surface area contributed by atoms with Crippen molar-refractivity contribution in [2.24, 2.45) is 0 Å². The highest BCUT2D eigenvalue weighted by Crippen LogP contribution is 2.36. The molecule has 3 heteroatoms. The van der Waals surface area contributed by atoms with E-state index in [2.05, 4.69) is 12.2 Å². The lowest BCUT2D eigenvalue weighted by Gasteiger charge is -2.21. The lowest BCUT2D eigenvalue weighted by Crippen LogP contribution is -2.31. The van der Waals surface area contributed by atoms with Gasteiger partial charge in [-0.3, -0.25) is 0 Å². The number of halogens is 2. The van der Waals surface area contributed by atoms with Crippen LogP contribution in [0.15, 0.2) is 18.2 Å². The molecule has 2 atom stereocenters. The van der Waals surface area contributed by atoms with Crippen LogP contribution in [0.1, 0.15) is 37.7 Å². The van der Waals surface area contributed by atoms with Gasteiger partial charge in [-0.2, -0.15) is 0 Å². The molecule has 2 unspecified atom stereocenters. The lowest BCUT2D eigenvalue weighted by molar-refractivity contribution is 0.475. The van der Waals surface area contributed by atoms with E-state index in [1.807, 2.05) is 6.07 Å². The summed E-state index contributed by atoms with van der Waals surface area (Å²) in [5.41, 5.74) is 0.813. The van der Waals surface area contributed by atoms with E-state index >= 15 is 0 Å². The first kappa shape index (κ1) is 11.9.